The third-order valence-electron chi connectivity index (χ3n) is 3.43. The predicted octanol–water partition coefficient (Wildman–Crippen LogP) is 3.22. The van der Waals surface area contributed by atoms with Gasteiger partial charge in [0.1, 0.15) is 6.33 Å². The van der Waals surface area contributed by atoms with Gasteiger partial charge in [-0.1, -0.05) is 47.3 Å². The highest BCUT2D eigenvalue weighted by Gasteiger charge is 2.19. The van der Waals surface area contributed by atoms with Gasteiger partial charge in [0, 0.05) is 25.8 Å². The van der Waals surface area contributed by atoms with E-state index in [-0.39, 0.29) is 5.25 Å². The van der Waals surface area contributed by atoms with E-state index in [0.717, 1.165) is 23.7 Å². The van der Waals surface area contributed by atoms with E-state index in [2.05, 4.69) is 20.3 Å². The Morgan fingerprint density at radius 1 is 1.29 bits per heavy atom. The van der Waals surface area contributed by atoms with Gasteiger partial charge in [0.2, 0.25) is 11.7 Å². The average Bonchev–Trinajstić information content (AvgIpc) is 3.26. The van der Waals surface area contributed by atoms with Crippen molar-refractivity contribution in [1.82, 2.24) is 24.9 Å². The van der Waals surface area contributed by atoms with Gasteiger partial charge in [-0.25, -0.2) is 0 Å². The highest BCUT2D eigenvalue weighted by Crippen LogP contribution is 2.33. The molecule has 2 aromatic heterocycles. The molecule has 8 heteroatoms. The summed E-state index contributed by atoms with van der Waals surface area (Å²) in [4.78, 5) is 4.49. The lowest BCUT2D eigenvalue weighted by Crippen LogP contribution is -2.03. The first-order valence-corrected chi connectivity index (χ1v) is 8.58. The number of aromatic nitrogens is 5. The molecule has 0 saturated carbocycles. The molecule has 0 aliphatic carbocycles. The molecule has 0 spiro atoms. The summed E-state index contributed by atoms with van der Waals surface area (Å²) in [7, 11) is 1.70. The number of ether oxygens (including phenoxy) is 1. The van der Waals surface area contributed by atoms with Crippen molar-refractivity contribution in [3.8, 4) is 11.4 Å². The van der Waals surface area contributed by atoms with Crippen LogP contribution in [-0.4, -0.2) is 38.6 Å². The Bertz CT molecular complexity index is 759. The fourth-order valence-corrected chi connectivity index (χ4v) is 3.06. The fourth-order valence-electron chi connectivity index (χ4n) is 2.18. The van der Waals surface area contributed by atoms with E-state index in [9.17, 15) is 0 Å². The first-order valence-electron chi connectivity index (χ1n) is 7.70. The van der Waals surface area contributed by atoms with Gasteiger partial charge < -0.3 is 13.8 Å². The normalized spacial score (nSPS) is 12.4. The molecule has 0 amide bonds. The molecule has 3 aromatic rings. The van der Waals surface area contributed by atoms with E-state index in [1.54, 1.807) is 25.2 Å². The van der Waals surface area contributed by atoms with Crippen molar-refractivity contribution in [2.24, 2.45) is 0 Å². The highest BCUT2D eigenvalue weighted by molar-refractivity contribution is 7.99. The minimum atomic E-state index is -0.0136. The van der Waals surface area contributed by atoms with Gasteiger partial charge >= 0.3 is 0 Å². The van der Waals surface area contributed by atoms with Crippen LogP contribution in [0.25, 0.3) is 11.4 Å². The topological polar surface area (TPSA) is 78.9 Å². The van der Waals surface area contributed by atoms with Crippen LogP contribution in [0.5, 0.6) is 0 Å². The van der Waals surface area contributed by atoms with Gasteiger partial charge in [0.05, 0.1) is 5.25 Å². The quantitative estimate of drug-likeness (QED) is 0.458. The summed E-state index contributed by atoms with van der Waals surface area (Å²) in [5.41, 5.74) is 0.937. The Kier molecular flexibility index (Phi) is 5.60. The predicted molar refractivity (Wildman–Crippen MR) is 90.5 cm³/mol. The van der Waals surface area contributed by atoms with Crippen LogP contribution in [-0.2, 0) is 11.3 Å². The molecule has 0 aliphatic heterocycles. The highest BCUT2D eigenvalue weighted by atomic mass is 32.2. The molecule has 2 heterocycles. The second-order valence-electron chi connectivity index (χ2n) is 5.24. The summed E-state index contributed by atoms with van der Waals surface area (Å²) in [6, 6.07) is 9.77. The first kappa shape index (κ1) is 16.7. The molecule has 24 heavy (non-hydrogen) atoms. The number of nitrogens with zero attached hydrogens (tertiary/aromatic N) is 5. The van der Waals surface area contributed by atoms with Crippen molar-refractivity contribution in [2.75, 3.05) is 13.7 Å². The Balaban J connectivity index is 1.67. The van der Waals surface area contributed by atoms with Crippen molar-refractivity contribution >= 4 is 11.8 Å². The molecule has 7 nitrogen and oxygen atoms in total. The van der Waals surface area contributed by atoms with Gasteiger partial charge in [-0.15, -0.1) is 10.2 Å². The largest absolute Gasteiger partial charge is 0.385 e. The van der Waals surface area contributed by atoms with Crippen LogP contribution in [0.1, 0.15) is 24.5 Å². The molecule has 0 aliphatic rings. The van der Waals surface area contributed by atoms with Crippen molar-refractivity contribution in [3.63, 3.8) is 0 Å². The van der Waals surface area contributed by atoms with Gasteiger partial charge in [0.25, 0.3) is 0 Å². The van der Waals surface area contributed by atoms with Crippen molar-refractivity contribution < 1.29 is 9.26 Å². The molecule has 1 atom stereocenters. The van der Waals surface area contributed by atoms with E-state index in [4.69, 9.17) is 9.26 Å². The smallest absolute Gasteiger partial charge is 0.240 e. The van der Waals surface area contributed by atoms with Gasteiger partial charge in [0.15, 0.2) is 5.16 Å². The summed E-state index contributed by atoms with van der Waals surface area (Å²) in [5.74, 6) is 1.17. The Hall–Kier alpha value is -2.19. The molecule has 0 radical (unpaired) electrons. The zero-order chi connectivity index (χ0) is 16.8. The number of hydrogen-bond donors (Lipinski definition) is 0. The SMILES string of the molecule is COCCCn1cnnc1SC(C)c1nc(-c2ccccc2)no1. The van der Waals surface area contributed by atoms with E-state index in [1.807, 2.05) is 41.8 Å². The van der Waals surface area contributed by atoms with Crippen LogP contribution in [0, 0.1) is 0 Å². The number of hydrogen-bond acceptors (Lipinski definition) is 7. The van der Waals surface area contributed by atoms with E-state index >= 15 is 0 Å². The average molecular weight is 345 g/mol. The first-order chi connectivity index (χ1) is 11.8. The lowest BCUT2D eigenvalue weighted by molar-refractivity contribution is 0.189. The van der Waals surface area contributed by atoms with Crippen LogP contribution in [0.2, 0.25) is 0 Å². The lowest BCUT2D eigenvalue weighted by atomic mass is 10.2. The Morgan fingerprint density at radius 2 is 2.12 bits per heavy atom. The summed E-state index contributed by atoms with van der Waals surface area (Å²) in [5, 5.41) is 13.0. The molecular weight excluding hydrogens is 326 g/mol. The minimum Gasteiger partial charge on any atom is -0.385 e. The monoisotopic (exact) mass is 345 g/mol. The second-order valence-corrected chi connectivity index (χ2v) is 6.54. The molecule has 1 unspecified atom stereocenters. The Morgan fingerprint density at radius 3 is 2.92 bits per heavy atom. The maximum Gasteiger partial charge on any atom is 0.240 e. The lowest BCUT2D eigenvalue weighted by Gasteiger charge is -2.08. The molecule has 3 rings (SSSR count). The number of benzene rings is 1. The molecular formula is C16H19N5O2S. The molecule has 126 valence electrons. The molecule has 1 aromatic carbocycles. The number of methoxy groups -OCH3 is 1. The van der Waals surface area contributed by atoms with Crippen molar-refractivity contribution in [2.45, 2.75) is 30.3 Å². The van der Waals surface area contributed by atoms with E-state index in [0.29, 0.717) is 18.3 Å². The minimum absolute atomic E-state index is 0.0136. The Labute approximate surface area is 144 Å². The number of rotatable bonds is 8. The van der Waals surface area contributed by atoms with Crippen molar-refractivity contribution in [3.05, 3.63) is 42.5 Å². The van der Waals surface area contributed by atoms with Crippen LogP contribution >= 0.6 is 11.8 Å². The maximum atomic E-state index is 5.41. The van der Waals surface area contributed by atoms with Gasteiger partial charge in [-0.3, -0.25) is 0 Å². The zero-order valence-electron chi connectivity index (χ0n) is 13.6. The van der Waals surface area contributed by atoms with Crippen LogP contribution in [0.4, 0.5) is 0 Å². The van der Waals surface area contributed by atoms with Crippen LogP contribution < -0.4 is 0 Å². The maximum absolute atomic E-state index is 5.41. The molecule has 0 fully saturated rings. The summed E-state index contributed by atoms with van der Waals surface area (Å²) in [6.07, 6.45) is 2.64. The zero-order valence-corrected chi connectivity index (χ0v) is 14.4. The van der Waals surface area contributed by atoms with Crippen molar-refractivity contribution in [1.29, 1.82) is 0 Å². The van der Waals surface area contributed by atoms with Gasteiger partial charge in [-0.2, -0.15) is 4.98 Å². The molecule has 0 saturated heterocycles. The third-order valence-corrected chi connectivity index (χ3v) is 4.51. The second kappa shape index (κ2) is 8.07. The van der Waals surface area contributed by atoms with Gasteiger partial charge in [-0.05, 0) is 13.3 Å². The summed E-state index contributed by atoms with van der Waals surface area (Å²) < 4.78 is 12.5. The van der Waals surface area contributed by atoms with Crippen LogP contribution in [0.15, 0.2) is 46.3 Å². The fraction of sp³-hybridized carbons (Fsp3) is 0.375. The molecule has 0 N–H and O–H groups in total. The van der Waals surface area contributed by atoms with E-state index in [1.165, 1.54) is 0 Å². The summed E-state index contributed by atoms with van der Waals surface area (Å²) >= 11 is 1.55. The standard InChI is InChI=1S/C16H19N5O2S/c1-12(24-16-19-17-11-21(16)9-6-10-22-2)15-18-14(20-23-15)13-7-4-3-5-8-13/h3-5,7-8,11-12H,6,9-10H2,1-2H3. The van der Waals surface area contributed by atoms with Crippen LogP contribution in [0.3, 0.4) is 0 Å². The third kappa shape index (κ3) is 4.01. The number of aryl methyl sites for hydroxylation is 1. The molecule has 0 bridgehead atoms. The van der Waals surface area contributed by atoms with E-state index < -0.39 is 0 Å². The summed E-state index contributed by atoms with van der Waals surface area (Å²) in [6.45, 7) is 3.54. The number of thioether (sulfide) groups is 1.